The Kier molecular flexibility index (Phi) is 9.21. The van der Waals surface area contributed by atoms with E-state index in [0.29, 0.717) is 17.2 Å². The third-order valence-corrected chi connectivity index (χ3v) is 9.60. The minimum absolute atomic E-state index is 0.00741. The Morgan fingerprint density at radius 2 is 1.83 bits per heavy atom. The maximum atomic E-state index is 14.7. The molecule has 1 amide bonds. The number of fused-ring (bicyclic) bond motifs is 2. The highest BCUT2D eigenvalue weighted by atomic mass is 35.5. The number of hydrogen-bond donors (Lipinski definition) is 2. The lowest BCUT2D eigenvalue weighted by atomic mass is 10.0. The van der Waals surface area contributed by atoms with Gasteiger partial charge < -0.3 is 10.1 Å². The van der Waals surface area contributed by atoms with Gasteiger partial charge in [-0.2, -0.15) is 10.2 Å². The minimum atomic E-state index is -3.80. The van der Waals surface area contributed by atoms with Gasteiger partial charge in [-0.05, 0) is 67.8 Å². The second-order valence-electron chi connectivity index (χ2n) is 12.6. The van der Waals surface area contributed by atoms with Crippen molar-refractivity contribution in [2.24, 2.45) is 0 Å². The van der Waals surface area contributed by atoms with Gasteiger partial charge in [0.15, 0.2) is 5.82 Å². The number of ether oxygens (including phenoxy) is 1. The number of rotatable bonds is 12. The van der Waals surface area contributed by atoms with Crippen LogP contribution in [0.4, 0.5) is 14.6 Å². The van der Waals surface area contributed by atoms with Crippen LogP contribution in [0.25, 0.3) is 27.5 Å². The van der Waals surface area contributed by atoms with Crippen molar-refractivity contribution in [2.75, 3.05) is 18.1 Å². The van der Waals surface area contributed by atoms with E-state index < -0.39 is 39.2 Å². The van der Waals surface area contributed by atoms with Crippen LogP contribution < -0.4 is 20.3 Å². The maximum absolute atomic E-state index is 14.7. The number of methoxy groups -OCH3 is 1. The molecule has 52 heavy (non-hydrogen) atoms. The summed E-state index contributed by atoms with van der Waals surface area (Å²) in [6.45, 7) is 1.84. The maximum Gasteiger partial charge on any atom is 0.266 e. The molecule has 17 heteroatoms. The molecule has 6 aromatic rings. The number of sulfonamides is 1. The largest absolute Gasteiger partial charge is 0.497 e. The van der Waals surface area contributed by atoms with Crippen molar-refractivity contribution in [3.8, 4) is 11.4 Å². The predicted octanol–water partition coefficient (Wildman–Crippen LogP) is 5.24. The summed E-state index contributed by atoms with van der Waals surface area (Å²) in [6.07, 6.45) is 4.57. The lowest BCUT2D eigenvalue weighted by molar-refractivity contribution is -0.122. The summed E-state index contributed by atoms with van der Waals surface area (Å²) in [5, 5.41) is 12.5. The van der Waals surface area contributed by atoms with Crippen molar-refractivity contribution in [3.05, 3.63) is 105 Å². The van der Waals surface area contributed by atoms with Crippen molar-refractivity contribution < 1.29 is 26.7 Å². The van der Waals surface area contributed by atoms with E-state index in [1.54, 1.807) is 37.4 Å². The van der Waals surface area contributed by atoms with Crippen LogP contribution in [0.2, 0.25) is 5.02 Å². The Morgan fingerprint density at radius 3 is 2.50 bits per heavy atom. The predicted molar refractivity (Wildman–Crippen MR) is 191 cm³/mol. The number of aromatic nitrogens is 6. The van der Waals surface area contributed by atoms with Crippen LogP contribution in [-0.4, -0.2) is 56.8 Å². The Hall–Kier alpha value is -5.35. The molecule has 1 aliphatic rings. The molecule has 3 aromatic heterocycles. The zero-order valence-corrected chi connectivity index (χ0v) is 29.8. The Morgan fingerprint density at radius 1 is 1.08 bits per heavy atom. The van der Waals surface area contributed by atoms with E-state index in [0.717, 1.165) is 43.0 Å². The molecule has 0 unspecified atom stereocenters. The number of benzene rings is 3. The van der Waals surface area contributed by atoms with Crippen LogP contribution in [0.5, 0.6) is 5.75 Å². The lowest BCUT2D eigenvalue weighted by Crippen LogP contribution is -2.37. The fraction of sp³-hybridized carbons (Fsp3) is 0.286. The first-order chi connectivity index (χ1) is 24.8. The van der Waals surface area contributed by atoms with Crippen LogP contribution in [0.15, 0.2) is 65.6 Å². The third-order valence-electron chi connectivity index (χ3n) is 8.72. The monoisotopic (exact) mass is 750 g/mol. The van der Waals surface area contributed by atoms with Gasteiger partial charge in [0.2, 0.25) is 15.9 Å². The quantitative estimate of drug-likeness (QED) is 0.172. The number of aryl methyl sites for hydroxylation is 1. The molecule has 0 saturated heterocycles. The van der Waals surface area contributed by atoms with Gasteiger partial charge in [0.05, 0.1) is 57.6 Å². The van der Waals surface area contributed by atoms with Crippen LogP contribution >= 0.6 is 11.6 Å². The smallest absolute Gasteiger partial charge is 0.266 e. The Bertz CT molecular complexity index is 2530. The fourth-order valence-corrected chi connectivity index (χ4v) is 7.05. The van der Waals surface area contributed by atoms with E-state index in [9.17, 15) is 26.8 Å². The van der Waals surface area contributed by atoms with Crippen molar-refractivity contribution in [1.29, 1.82) is 0 Å². The molecule has 7 rings (SSSR count). The second-order valence-corrected chi connectivity index (χ2v) is 14.8. The summed E-state index contributed by atoms with van der Waals surface area (Å²) in [6, 6.07) is 11.5. The molecule has 1 aliphatic carbocycles. The van der Waals surface area contributed by atoms with Gasteiger partial charge in [-0.1, -0.05) is 11.6 Å². The number of nitrogens with zero attached hydrogens (tertiary/aromatic N) is 6. The van der Waals surface area contributed by atoms with Crippen molar-refractivity contribution in [2.45, 2.75) is 51.2 Å². The summed E-state index contributed by atoms with van der Waals surface area (Å²) in [7, 11) is -2.33. The van der Waals surface area contributed by atoms with Crippen LogP contribution in [0.1, 0.15) is 48.8 Å². The van der Waals surface area contributed by atoms with Crippen molar-refractivity contribution >= 4 is 55.2 Å². The third kappa shape index (κ3) is 7.08. The standard InChI is InChI=1S/C35H33ClF2N8O5S/c1-4-45-32-29(10-9-25(36)31(32)33(42-45)43-52(3,49)50)46-34(40-27-17-23(51-2)7-8-24(27)35(46)48)28(15-19-13-21(37)16-22(38)14-19)39-30(47)18-44-12-11-26(41-44)20-5-6-20/h7-14,16-17,20,28H,4-6,15,18H2,1-3H3,(H,39,47)(H,42,43)/t28-/m0/s1. The van der Waals surface area contributed by atoms with E-state index in [1.165, 1.54) is 27.1 Å². The average Bonchev–Trinajstić information content (AvgIpc) is 3.72. The number of nitrogens with one attached hydrogen (secondary N) is 2. The molecule has 2 N–H and O–H groups in total. The molecule has 0 spiro atoms. The van der Waals surface area contributed by atoms with Crippen LogP contribution in [0, 0.1) is 11.6 Å². The topological polar surface area (TPSA) is 155 Å². The number of carbonyl (C=O) groups is 1. The fourth-order valence-electron chi connectivity index (χ4n) is 6.32. The molecular weight excluding hydrogens is 718 g/mol. The first-order valence-electron chi connectivity index (χ1n) is 16.4. The van der Waals surface area contributed by atoms with Crippen molar-refractivity contribution in [1.82, 2.24) is 34.4 Å². The summed E-state index contributed by atoms with van der Waals surface area (Å²) in [5.41, 5.74) is 1.26. The van der Waals surface area contributed by atoms with E-state index in [4.69, 9.17) is 21.3 Å². The first-order valence-corrected chi connectivity index (χ1v) is 18.6. The number of amides is 1. The molecule has 13 nitrogen and oxygen atoms in total. The van der Waals surface area contributed by atoms with Crippen LogP contribution in [-0.2, 0) is 34.3 Å². The van der Waals surface area contributed by atoms with E-state index in [2.05, 4.69) is 20.2 Å². The molecule has 0 bridgehead atoms. The molecular formula is C35H33ClF2N8O5S. The van der Waals surface area contributed by atoms with Gasteiger partial charge in [-0.25, -0.2) is 22.2 Å². The molecule has 3 aromatic carbocycles. The first kappa shape index (κ1) is 35.1. The molecule has 1 saturated carbocycles. The van der Waals surface area contributed by atoms with E-state index in [-0.39, 0.29) is 63.7 Å². The average molecular weight is 751 g/mol. The number of hydrogen-bond acceptors (Lipinski definition) is 8. The Labute approximate surface area is 301 Å². The van der Waals surface area contributed by atoms with E-state index >= 15 is 0 Å². The Balaban J connectivity index is 1.46. The van der Waals surface area contributed by atoms with Crippen LogP contribution in [0.3, 0.4) is 0 Å². The minimum Gasteiger partial charge on any atom is -0.497 e. The van der Waals surface area contributed by atoms with Gasteiger partial charge in [-0.3, -0.25) is 28.2 Å². The summed E-state index contributed by atoms with van der Waals surface area (Å²) in [4.78, 5) is 33.3. The van der Waals surface area contributed by atoms with Gasteiger partial charge in [-0.15, -0.1) is 0 Å². The highest BCUT2D eigenvalue weighted by Crippen LogP contribution is 2.39. The van der Waals surface area contributed by atoms with Gasteiger partial charge in [0.1, 0.15) is 29.8 Å². The van der Waals surface area contributed by atoms with E-state index in [1.807, 2.05) is 6.07 Å². The number of halogens is 3. The SMILES string of the molecule is CCn1nc(NS(C)(=O)=O)c2c(Cl)ccc(-n3c([C@H](Cc4cc(F)cc(F)c4)NC(=O)Cn4ccc(C5CC5)n4)nc4cc(OC)ccc4c3=O)c21. The summed E-state index contributed by atoms with van der Waals surface area (Å²) >= 11 is 6.66. The number of anilines is 1. The molecule has 270 valence electrons. The summed E-state index contributed by atoms with van der Waals surface area (Å²) in [5.74, 6) is -1.41. The van der Waals surface area contributed by atoms with Gasteiger partial charge >= 0.3 is 0 Å². The molecule has 1 atom stereocenters. The molecule has 0 radical (unpaired) electrons. The highest BCUT2D eigenvalue weighted by Gasteiger charge is 2.29. The van der Waals surface area contributed by atoms with Gasteiger partial charge in [0.25, 0.3) is 5.56 Å². The zero-order valence-electron chi connectivity index (χ0n) is 28.2. The zero-order chi connectivity index (χ0) is 36.9. The normalized spacial score (nSPS) is 13.8. The number of carbonyl (C=O) groups excluding carboxylic acids is 1. The van der Waals surface area contributed by atoms with Gasteiger partial charge in [0, 0.05) is 37.2 Å². The lowest BCUT2D eigenvalue weighted by Gasteiger charge is -2.24. The molecule has 0 aliphatic heterocycles. The van der Waals surface area contributed by atoms with Crippen molar-refractivity contribution in [3.63, 3.8) is 0 Å². The highest BCUT2D eigenvalue weighted by molar-refractivity contribution is 7.92. The molecule has 1 fully saturated rings. The second kappa shape index (κ2) is 13.7. The summed E-state index contributed by atoms with van der Waals surface area (Å²) < 4.78 is 65.8. The molecule has 3 heterocycles.